The molecule has 138 valence electrons. The molecule has 0 aromatic heterocycles. The lowest BCUT2D eigenvalue weighted by atomic mass is 9.68. The van der Waals surface area contributed by atoms with Crippen LogP contribution in [0.25, 0.3) is 11.1 Å². The molecule has 0 heterocycles. The van der Waals surface area contributed by atoms with Gasteiger partial charge >= 0.3 is 0 Å². The maximum absolute atomic E-state index is 10.7. The van der Waals surface area contributed by atoms with Gasteiger partial charge in [-0.1, -0.05) is 55.7 Å². The van der Waals surface area contributed by atoms with Crippen LogP contribution in [0.4, 0.5) is 0 Å². The number of hydrogen-bond donors (Lipinski definition) is 2. The Morgan fingerprint density at radius 3 is 1.50 bits per heavy atom. The molecule has 1 saturated carbocycles. The molecule has 0 saturated heterocycles. The molecule has 26 heavy (non-hydrogen) atoms. The van der Waals surface area contributed by atoms with E-state index in [1.165, 1.54) is 54.4 Å². The lowest BCUT2D eigenvalue weighted by molar-refractivity contribution is 0.353. The van der Waals surface area contributed by atoms with Crippen LogP contribution in [0.3, 0.4) is 0 Å². The third-order valence-corrected chi connectivity index (χ3v) is 9.93. The Labute approximate surface area is 159 Å². The van der Waals surface area contributed by atoms with E-state index in [0.29, 0.717) is 0 Å². The van der Waals surface area contributed by atoms with Gasteiger partial charge in [-0.2, -0.15) is 0 Å². The fraction of sp³-hybridized carbons (Fsp3) is 0.455. The lowest BCUT2D eigenvalue weighted by Crippen LogP contribution is -2.43. The fourth-order valence-electron chi connectivity index (χ4n) is 4.95. The van der Waals surface area contributed by atoms with Crippen molar-refractivity contribution in [2.45, 2.75) is 63.7 Å². The summed E-state index contributed by atoms with van der Waals surface area (Å²) in [6, 6.07) is 13.4. The van der Waals surface area contributed by atoms with E-state index in [1.54, 1.807) is 0 Å². The first-order chi connectivity index (χ1) is 12.1. The molecule has 2 nitrogen and oxygen atoms in total. The minimum Gasteiger partial charge on any atom is -0.428 e. The zero-order chi connectivity index (χ0) is 18.7. The van der Waals surface area contributed by atoms with Gasteiger partial charge < -0.3 is 9.59 Å². The van der Waals surface area contributed by atoms with Gasteiger partial charge in [-0.25, -0.2) is 0 Å². The van der Waals surface area contributed by atoms with Crippen molar-refractivity contribution in [3.8, 4) is 11.1 Å². The maximum Gasteiger partial charge on any atom is 0.213 e. The number of benzene rings is 2. The van der Waals surface area contributed by atoms with Crippen molar-refractivity contribution in [1.82, 2.24) is 0 Å². The Balaban J connectivity index is 1.96. The van der Waals surface area contributed by atoms with Crippen LogP contribution in [0.15, 0.2) is 36.4 Å². The Kier molecular flexibility index (Phi) is 4.12. The van der Waals surface area contributed by atoms with E-state index >= 15 is 0 Å². The molecule has 1 fully saturated rings. The van der Waals surface area contributed by atoms with Gasteiger partial charge in [-0.05, 0) is 71.7 Å². The summed E-state index contributed by atoms with van der Waals surface area (Å²) in [6.45, 7) is 8.01. The van der Waals surface area contributed by atoms with E-state index in [-0.39, 0.29) is 5.41 Å². The van der Waals surface area contributed by atoms with E-state index in [1.807, 2.05) is 26.2 Å². The Hall–Kier alpha value is -1.21. The summed E-state index contributed by atoms with van der Waals surface area (Å²) in [5.41, 5.74) is 5.61. The maximum atomic E-state index is 10.7. The van der Waals surface area contributed by atoms with Crippen molar-refractivity contribution < 1.29 is 9.59 Å². The van der Waals surface area contributed by atoms with Gasteiger partial charge in [0.2, 0.25) is 16.6 Å². The molecule has 0 bridgehead atoms. The molecule has 4 heteroatoms. The standard InChI is InChI=1S/C22H30O2Si2/c1-25(2,23)16-8-10-18-19-11-9-17(26(3,4)24)15-21(19)22(20(18)14-16)12-6-5-7-13-22/h8-11,14-15,23-24H,5-7,12-13H2,1-4H3. The summed E-state index contributed by atoms with van der Waals surface area (Å²) in [4.78, 5) is 21.4. The van der Waals surface area contributed by atoms with Crippen LogP contribution >= 0.6 is 0 Å². The SMILES string of the molecule is C[Si](C)(O)c1ccc2c(c1)C1(CCCCC1)c1cc([Si](C)(C)O)ccc1-2. The summed E-state index contributed by atoms with van der Waals surface area (Å²) in [6.07, 6.45) is 6.19. The summed E-state index contributed by atoms with van der Waals surface area (Å²) < 4.78 is 0. The van der Waals surface area contributed by atoms with Gasteiger partial charge in [-0.15, -0.1) is 0 Å². The van der Waals surface area contributed by atoms with Gasteiger partial charge in [0, 0.05) is 5.41 Å². The van der Waals surface area contributed by atoms with E-state index in [4.69, 9.17) is 0 Å². The molecule has 2 aliphatic carbocycles. The highest BCUT2D eigenvalue weighted by atomic mass is 28.4. The van der Waals surface area contributed by atoms with Gasteiger partial charge in [0.05, 0.1) is 0 Å². The second-order valence-electron chi connectivity index (χ2n) is 9.28. The van der Waals surface area contributed by atoms with Crippen molar-refractivity contribution in [3.05, 3.63) is 47.5 Å². The summed E-state index contributed by atoms with van der Waals surface area (Å²) in [5, 5.41) is 2.26. The first-order valence-corrected chi connectivity index (χ1v) is 15.8. The summed E-state index contributed by atoms with van der Waals surface area (Å²) >= 11 is 0. The van der Waals surface area contributed by atoms with E-state index in [0.717, 1.165) is 10.4 Å². The van der Waals surface area contributed by atoms with E-state index in [2.05, 4.69) is 36.4 Å². The normalized spacial score (nSPS) is 18.7. The molecule has 0 unspecified atom stereocenters. The van der Waals surface area contributed by atoms with Gasteiger partial charge in [0.1, 0.15) is 0 Å². The van der Waals surface area contributed by atoms with Crippen LogP contribution in [0, 0.1) is 0 Å². The quantitative estimate of drug-likeness (QED) is 0.777. The molecule has 1 spiro atoms. The monoisotopic (exact) mass is 382 g/mol. The third kappa shape index (κ3) is 2.75. The van der Waals surface area contributed by atoms with Crippen molar-refractivity contribution >= 4 is 27.0 Å². The van der Waals surface area contributed by atoms with E-state index in [9.17, 15) is 9.59 Å². The number of hydrogen-bond acceptors (Lipinski definition) is 2. The zero-order valence-electron chi connectivity index (χ0n) is 16.4. The zero-order valence-corrected chi connectivity index (χ0v) is 18.4. The van der Waals surface area contributed by atoms with Crippen LogP contribution in [-0.2, 0) is 5.41 Å². The molecule has 4 rings (SSSR count). The first kappa shape index (κ1) is 18.2. The highest BCUT2D eigenvalue weighted by Crippen LogP contribution is 2.55. The minimum absolute atomic E-state index is 0.0776. The van der Waals surface area contributed by atoms with Crippen molar-refractivity contribution in [3.63, 3.8) is 0 Å². The van der Waals surface area contributed by atoms with Crippen LogP contribution < -0.4 is 10.4 Å². The number of fused-ring (bicyclic) bond motifs is 5. The largest absolute Gasteiger partial charge is 0.428 e. The number of rotatable bonds is 2. The molecular weight excluding hydrogens is 352 g/mol. The Morgan fingerprint density at radius 1 is 0.692 bits per heavy atom. The second-order valence-corrected chi connectivity index (χ2v) is 16.7. The van der Waals surface area contributed by atoms with Crippen LogP contribution in [0.2, 0.25) is 26.2 Å². The first-order valence-electron chi connectivity index (χ1n) is 9.88. The lowest BCUT2D eigenvalue weighted by Gasteiger charge is -2.37. The molecule has 0 radical (unpaired) electrons. The van der Waals surface area contributed by atoms with Crippen LogP contribution in [0.1, 0.15) is 43.2 Å². The average molecular weight is 383 g/mol. The minimum atomic E-state index is -2.33. The molecule has 0 atom stereocenters. The molecule has 2 aromatic carbocycles. The predicted octanol–water partition coefficient (Wildman–Crippen LogP) is 3.73. The van der Waals surface area contributed by atoms with Crippen molar-refractivity contribution in [1.29, 1.82) is 0 Å². The fourth-order valence-corrected chi connectivity index (χ4v) is 6.93. The van der Waals surface area contributed by atoms with Crippen LogP contribution in [0.5, 0.6) is 0 Å². The van der Waals surface area contributed by atoms with Crippen molar-refractivity contribution in [2.24, 2.45) is 0 Å². The highest BCUT2D eigenvalue weighted by molar-refractivity contribution is 6.83. The van der Waals surface area contributed by atoms with Gasteiger partial charge in [-0.3, -0.25) is 0 Å². The molecule has 0 amide bonds. The highest BCUT2D eigenvalue weighted by Gasteiger charge is 2.45. The van der Waals surface area contributed by atoms with Gasteiger partial charge in [0.15, 0.2) is 0 Å². The summed E-state index contributed by atoms with van der Waals surface area (Å²) in [7, 11) is -4.67. The van der Waals surface area contributed by atoms with Gasteiger partial charge in [0.25, 0.3) is 0 Å². The molecule has 2 aliphatic rings. The molecular formula is C22H30O2Si2. The Morgan fingerprint density at radius 2 is 1.12 bits per heavy atom. The second kappa shape index (κ2) is 5.89. The van der Waals surface area contributed by atoms with Crippen LogP contribution in [-0.4, -0.2) is 26.2 Å². The molecule has 2 N–H and O–H groups in total. The topological polar surface area (TPSA) is 40.5 Å². The predicted molar refractivity (Wildman–Crippen MR) is 114 cm³/mol. The molecule has 2 aromatic rings. The van der Waals surface area contributed by atoms with E-state index < -0.39 is 16.6 Å². The average Bonchev–Trinajstić information content (AvgIpc) is 2.84. The van der Waals surface area contributed by atoms with Crippen molar-refractivity contribution in [2.75, 3.05) is 0 Å². The summed E-state index contributed by atoms with van der Waals surface area (Å²) in [5.74, 6) is 0. The third-order valence-electron chi connectivity index (χ3n) is 6.48. The Bertz CT molecular complexity index is 788. The smallest absolute Gasteiger partial charge is 0.213 e. The molecule has 0 aliphatic heterocycles.